The summed E-state index contributed by atoms with van der Waals surface area (Å²) in [6.07, 6.45) is 0. The van der Waals surface area contributed by atoms with E-state index in [1.54, 1.807) is 30.3 Å². The van der Waals surface area contributed by atoms with Crippen molar-refractivity contribution in [2.75, 3.05) is 27.5 Å². The zero-order chi connectivity index (χ0) is 23.3. The van der Waals surface area contributed by atoms with Gasteiger partial charge in [0.1, 0.15) is 41.2 Å². The fraction of sp³-hybridized carbons (Fsp3) is 0.375. The van der Waals surface area contributed by atoms with Crippen LogP contribution in [0.25, 0.3) is 0 Å². The van der Waals surface area contributed by atoms with E-state index in [0.29, 0.717) is 30.3 Å². The van der Waals surface area contributed by atoms with Crippen LogP contribution in [0, 0.1) is 5.82 Å². The quantitative estimate of drug-likeness (QED) is 0.482. The topological polar surface area (TPSA) is 68.3 Å². The molecule has 8 heteroatoms. The SMILES string of the molecule is COC(=O)c1cc(OC)ccc1OCN1C[C@@H](C)N(Cc2ccc(F)cc2)C(=C=O)[C@@H]1C. The summed E-state index contributed by atoms with van der Waals surface area (Å²) in [5.74, 6) is 2.13. The van der Waals surface area contributed by atoms with E-state index in [1.807, 2.05) is 23.6 Å². The standard InChI is InChI=1S/C24H27FN2O5/c1-16-12-26(15-32-23-10-9-20(30-3)11-21(23)24(29)31-4)17(2)22(14-28)27(16)13-18-5-7-19(25)8-6-18/h5-11,16-17H,12-13,15H2,1-4H3/t16-,17+/m1/s1. The average Bonchev–Trinajstić information content (AvgIpc) is 2.81. The highest BCUT2D eigenvalue weighted by Crippen LogP contribution is 2.28. The van der Waals surface area contributed by atoms with Crippen LogP contribution in [-0.2, 0) is 16.1 Å². The zero-order valence-electron chi connectivity index (χ0n) is 18.6. The number of piperazine rings is 1. The largest absolute Gasteiger partial charge is 0.497 e. The summed E-state index contributed by atoms with van der Waals surface area (Å²) in [4.78, 5) is 28.0. The van der Waals surface area contributed by atoms with Gasteiger partial charge in [0, 0.05) is 19.1 Å². The Labute approximate surface area is 187 Å². The van der Waals surface area contributed by atoms with Crippen molar-refractivity contribution in [2.45, 2.75) is 32.5 Å². The second-order valence-corrected chi connectivity index (χ2v) is 7.67. The molecule has 0 unspecified atom stereocenters. The lowest BCUT2D eigenvalue weighted by atomic mass is 10.0. The van der Waals surface area contributed by atoms with E-state index in [4.69, 9.17) is 14.2 Å². The Morgan fingerprint density at radius 1 is 1.16 bits per heavy atom. The maximum absolute atomic E-state index is 13.2. The van der Waals surface area contributed by atoms with Gasteiger partial charge in [-0.3, -0.25) is 4.90 Å². The molecule has 1 saturated heterocycles. The minimum absolute atomic E-state index is 0.00718. The number of rotatable bonds is 7. The first kappa shape index (κ1) is 23.3. The van der Waals surface area contributed by atoms with Gasteiger partial charge in [-0.05, 0) is 49.7 Å². The van der Waals surface area contributed by atoms with Crippen LogP contribution >= 0.6 is 0 Å². The molecule has 1 fully saturated rings. The van der Waals surface area contributed by atoms with Gasteiger partial charge in [0.2, 0.25) is 0 Å². The highest BCUT2D eigenvalue weighted by Gasteiger charge is 2.34. The molecule has 1 aliphatic heterocycles. The van der Waals surface area contributed by atoms with E-state index in [0.717, 1.165) is 5.56 Å². The van der Waals surface area contributed by atoms with Crippen LogP contribution in [0.4, 0.5) is 4.39 Å². The molecule has 3 rings (SSSR count). The number of esters is 1. The molecule has 0 bridgehead atoms. The van der Waals surface area contributed by atoms with Crippen molar-refractivity contribution >= 4 is 11.9 Å². The summed E-state index contributed by atoms with van der Waals surface area (Å²) in [5.41, 5.74) is 1.66. The van der Waals surface area contributed by atoms with E-state index in [9.17, 15) is 14.0 Å². The molecular formula is C24H27FN2O5. The molecule has 0 N–H and O–H groups in total. The van der Waals surface area contributed by atoms with E-state index < -0.39 is 5.97 Å². The summed E-state index contributed by atoms with van der Waals surface area (Å²) in [6.45, 7) is 5.18. The highest BCUT2D eigenvalue weighted by atomic mass is 19.1. The highest BCUT2D eigenvalue weighted by molar-refractivity contribution is 5.93. The predicted molar refractivity (Wildman–Crippen MR) is 117 cm³/mol. The minimum Gasteiger partial charge on any atom is -0.497 e. The van der Waals surface area contributed by atoms with Gasteiger partial charge < -0.3 is 19.1 Å². The van der Waals surface area contributed by atoms with Gasteiger partial charge in [0.25, 0.3) is 0 Å². The van der Waals surface area contributed by atoms with Gasteiger partial charge in [-0.15, -0.1) is 0 Å². The van der Waals surface area contributed by atoms with Gasteiger partial charge in [-0.1, -0.05) is 12.1 Å². The fourth-order valence-electron chi connectivity index (χ4n) is 3.77. The Hall–Kier alpha value is -3.35. The van der Waals surface area contributed by atoms with E-state index in [1.165, 1.54) is 26.4 Å². The molecule has 170 valence electrons. The van der Waals surface area contributed by atoms with Crippen LogP contribution in [0.2, 0.25) is 0 Å². The summed E-state index contributed by atoms with van der Waals surface area (Å²) in [7, 11) is 2.82. The first-order chi connectivity index (χ1) is 15.4. The molecule has 0 radical (unpaired) electrons. The third kappa shape index (κ3) is 5.10. The number of ether oxygens (including phenoxy) is 3. The lowest BCUT2D eigenvalue weighted by molar-refractivity contribution is 0.0275. The predicted octanol–water partition coefficient (Wildman–Crippen LogP) is 3.27. The molecule has 0 spiro atoms. The van der Waals surface area contributed by atoms with Crippen molar-refractivity contribution in [3.63, 3.8) is 0 Å². The Kier molecular flexibility index (Phi) is 7.51. The summed E-state index contributed by atoms with van der Waals surface area (Å²) in [6, 6.07) is 10.9. The number of hydrogen-bond donors (Lipinski definition) is 0. The van der Waals surface area contributed by atoms with Crippen molar-refractivity contribution in [1.29, 1.82) is 0 Å². The van der Waals surface area contributed by atoms with Crippen molar-refractivity contribution in [2.24, 2.45) is 0 Å². The van der Waals surface area contributed by atoms with Gasteiger partial charge in [0.15, 0.2) is 0 Å². The number of carbonyl (C=O) groups is 1. The zero-order valence-corrected chi connectivity index (χ0v) is 18.6. The lowest BCUT2D eigenvalue weighted by Gasteiger charge is -2.45. The molecule has 2 aromatic carbocycles. The molecular weight excluding hydrogens is 415 g/mol. The van der Waals surface area contributed by atoms with Crippen LogP contribution in [0.15, 0.2) is 48.2 Å². The lowest BCUT2D eigenvalue weighted by Crippen LogP contribution is -2.55. The van der Waals surface area contributed by atoms with Crippen molar-refractivity contribution < 1.29 is 28.2 Å². The Bertz CT molecular complexity index is 1000. The summed E-state index contributed by atoms with van der Waals surface area (Å²) >= 11 is 0. The second-order valence-electron chi connectivity index (χ2n) is 7.67. The Morgan fingerprint density at radius 2 is 1.88 bits per heavy atom. The molecule has 0 aliphatic carbocycles. The molecule has 0 saturated carbocycles. The van der Waals surface area contributed by atoms with Crippen LogP contribution in [0.5, 0.6) is 11.5 Å². The normalized spacial score (nSPS) is 18.8. The summed E-state index contributed by atoms with van der Waals surface area (Å²) in [5, 5.41) is 0. The molecule has 0 amide bonds. The Balaban J connectivity index is 1.74. The summed E-state index contributed by atoms with van der Waals surface area (Å²) < 4.78 is 29.2. The number of nitrogens with zero attached hydrogens (tertiary/aromatic N) is 2. The van der Waals surface area contributed by atoms with Crippen LogP contribution in [-0.4, -0.2) is 61.3 Å². The van der Waals surface area contributed by atoms with Crippen LogP contribution < -0.4 is 9.47 Å². The number of methoxy groups -OCH3 is 2. The maximum Gasteiger partial charge on any atom is 0.341 e. The maximum atomic E-state index is 13.2. The first-order valence-corrected chi connectivity index (χ1v) is 10.3. The van der Waals surface area contributed by atoms with E-state index in [-0.39, 0.29) is 30.2 Å². The number of hydrogen-bond acceptors (Lipinski definition) is 7. The average molecular weight is 442 g/mol. The second kappa shape index (κ2) is 10.3. The monoisotopic (exact) mass is 442 g/mol. The number of benzene rings is 2. The van der Waals surface area contributed by atoms with Gasteiger partial charge in [-0.25, -0.2) is 14.0 Å². The van der Waals surface area contributed by atoms with E-state index >= 15 is 0 Å². The van der Waals surface area contributed by atoms with Gasteiger partial charge in [0.05, 0.1) is 20.3 Å². The number of halogens is 1. The van der Waals surface area contributed by atoms with Crippen LogP contribution in [0.3, 0.4) is 0 Å². The Morgan fingerprint density at radius 3 is 2.50 bits per heavy atom. The third-order valence-electron chi connectivity index (χ3n) is 5.63. The molecule has 2 aromatic rings. The van der Waals surface area contributed by atoms with Gasteiger partial charge in [-0.2, -0.15) is 0 Å². The minimum atomic E-state index is -0.530. The molecule has 2 atom stereocenters. The number of carbonyl (C=O) groups excluding carboxylic acids is 2. The molecule has 1 heterocycles. The van der Waals surface area contributed by atoms with Crippen LogP contribution in [0.1, 0.15) is 29.8 Å². The first-order valence-electron chi connectivity index (χ1n) is 10.3. The van der Waals surface area contributed by atoms with Crippen molar-refractivity contribution in [3.05, 3.63) is 65.1 Å². The molecule has 1 aliphatic rings. The molecule has 32 heavy (non-hydrogen) atoms. The van der Waals surface area contributed by atoms with Crippen molar-refractivity contribution in [3.8, 4) is 11.5 Å². The van der Waals surface area contributed by atoms with Crippen molar-refractivity contribution in [1.82, 2.24) is 9.80 Å². The molecule has 0 aromatic heterocycles. The van der Waals surface area contributed by atoms with E-state index in [2.05, 4.69) is 5.94 Å². The smallest absolute Gasteiger partial charge is 0.341 e. The van der Waals surface area contributed by atoms with Gasteiger partial charge >= 0.3 is 5.97 Å². The third-order valence-corrected chi connectivity index (χ3v) is 5.63. The fourth-order valence-corrected chi connectivity index (χ4v) is 3.77. The molecule has 7 nitrogen and oxygen atoms in total.